The second-order valence-electron chi connectivity index (χ2n) is 4.38. The van der Waals surface area contributed by atoms with Crippen molar-refractivity contribution in [2.24, 2.45) is 0 Å². The molecule has 1 atom stereocenters. The lowest BCUT2D eigenvalue weighted by Gasteiger charge is -2.26. The van der Waals surface area contributed by atoms with E-state index in [1.165, 1.54) is 12.7 Å². The van der Waals surface area contributed by atoms with Crippen molar-refractivity contribution in [2.75, 3.05) is 31.7 Å². The normalized spacial score (nSPS) is 15.1. The van der Waals surface area contributed by atoms with E-state index in [0.717, 1.165) is 43.1 Å². The maximum atomic E-state index is 9.98. The highest BCUT2D eigenvalue weighted by Crippen LogP contribution is 2.36. The van der Waals surface area contributed by atoms with Crippen molar-refractivity contribution in [3.63, 3.8) is 0 Å². The van der Waals surface area contributed by atoms with Crippen molar-refractivity contribution in [1.82, 2.24) is 0 Å². The molecule has 2 rings (SSSR count). The van der Waals surface area contributed by atoms with Crippen molar-refractivity contribution in [3.8, 4) is 5.75 Å². The quantitative estimate of drug-likeness (QED) is 0.814. The number of aliphatic hydroxyl groups is 1. The first kappa shape index (κ1) is 13.2. The molecule has 0 saturated carbocycles. The molecule has 1 N–H and O–H groups in total. The van der Waals surface area contributed by atoms with E-state index in [1.54, 1.807) is 0 Å². The Kier molecular flexibility index (Phi) is 4.09. The van der Waals surface area contributed by atoms with Gasteiger partial charge in [-0.05, 0) is 31.5 Å². The molecular formula is C14H21NO3. The zero-order chi connectivity index (χ0) is 13.1. The molecule has 1 aromatic carbocycles. The van der Waals surface area contributed by atoms with Crippen LogP contribution < -0.4 is 9.64 Å². The van der Waals surface area contributed by atoms with Crippen LogP contribution in [-0.2, 0) is 11.2 Å². The first-order valence-corrected chi connectivity index (χ1v) is 6.46. The highest BCUT2D eigenvalue weighted by atomic mass is 16.6. The molecule has 0 aliphatic carbocycles. The molecule has 18 heavy (non-hydrogen) atoms. The molecule has 1 aromatic rings. The Bertz CT molecular complexity index is 416. The molecule has 0 spiro atoms. The third-order valence-corrected chi connectivity index (χ3v) is 3.43. The van der Waals surface area contributed by atoms with Crippen LogP contribution >= 0.6 is 0 Å². The predicted molar refractivity (Wildman–Crippen MR) is 71.2 cm³/mol. The van der Waals surface area contributed by atoms with Crippen molar-refractivity contribution in [3.05, 3.63) is 23.3 Å². The van der Waals surface area contributed by atoms with E-state index in [4.69, 9.17) is 9.47 Å². The summed E-state index contributed by atoms with van der Waals surface area (Å²) in [5.74, 6) is 0.872. The number of anilines is 1. The van der Waals surface area contributed by atoms with Crippen LogP contribution in [-0.4, -0.2) is 31.9 Å². The number of ether oxygens (including phenoxy) is 2. The summed E-state index contributed by atoms with van der Waals surface area (Å²) in [4.78, 5) is 2.22. The van der Waals surface area contributed by atoms with Crippen LogP contribution in [0.2, 0.25) is 0 Å². The largest absolute Gasteiger partial charge is 0.493 e. The minimum Gasteiger partial charge on any atom is -0.493 e. The average Bonchev–Trinajstić information content (AvgIpc) is 2.85. The molecule has 0 radical (unpaired) electrons. The van der Waals surface area contributed by atoms with Gasteiger partial charge < -0.3 is 19.5 Å². The summed E-state index contributed by atoms with van der Waals surface area (Å²) in [5, 5.41) is 9.98. The maximum Gasteiger partial charge on any atom is 0.182 e. The van der Waals surface area contributed by atoms with Crippen LogP contribution in [0.15, 0.2) is 12.1 Å². The molecule has 100 valence electrons. The van der Waals surface area contributed by atoms with Gasteiger partial charge in [0.25, 0.3) is 0 Å². The van der Waals surface area contributed by atoms with Crippen LogP contribution in [0, 0.1) is 0 Å². The fourth-order valence-corrected chi connectivity index (χ4v) is 2.39. The number of nitrogens with zero attached hydrogens (tertiary/aromatic N) is 1. The van der Waals surface area contributed by atoms with E-state index < -0.39 is 6.29 Å². The Morgan fingerprint density at radius 1 is 1.39 bits per heavy atom. The number of hydrogen-bond donors (Lipinski definition) is 1. The van der Waals surface area contributed by atoms with E-state index >= 15 is 0 Å². The number of rotatable bonds is 5. The van der Waals surface area contributed by atoms with E-state index in [2.05, 4.69) is 24.8 Å². The van der Waals surface area contributed by atoms with Gasteiger partial charge in [-0.1, -0.05) is 0 Å². The molecule has 0 bridgehead atoms. The van der Waals surface area contributed by atoms with Crippen LogP contribution in [0.1, 0.15) is 31.3 Å². The Labute approximate surface area is 108 Å². The first-order valence-electron chi connectivity index (χ1n) is 6.46. The molecule has 4 nitrogen and oxygen atoms in total. The van der Waals surface area contributed by atoms with Gasteiger partial charge in [0.05, 0.1) is 6.61 Å². The third-order valence-electron chi connectivity index (χ3n) is 3.43. The topological polar surface area (TPSA) is 41.9 Å². The minimum absolute atomic E-state index is 0.722. The summed E-state index contributed by atoms with van der Waals surface area (Å²) >= 11 is 0. The highest BCUT2D eigenvalue weighted by Gasteiger charge is 2.21. The molecular weight excluding hydrogens is 230 g/mol. The van der Waals surface area contributed by atoms with Crippen molar-refractivity contribution < 1.29 is 14.6 Å². The van der Waals surface area contributed by atoms with Gasteiger partial charge in [-0.3, -0.25) is 0 Å². The third kappa shape index (κ3) is 2.31. The van der Waals surface area contributed by atoms with Gasteiger partial charge in [-0.15, -0.1) is 0 Å². The van der Waals surface area contributed by atoms with Gasteiger partial charge in [0.1, 0.15) is 5.75 Å². The number of aliphatic hydroxyl groups excluding tert-OH is 1. The summed E-state index contributed by atoms with van der Waals surface area (Å²) in [6.07, 6.45) is 0.0301. The Hall–Kier alpha value is -1.26. The van der Waals surface area contributed by atoms with Gasteiger partial charge in [-0.25, -0.2) is 0 Å². The first-order chi connectivity index (χ1) is 8.71. The van der Waals surface area contributed by atoms with E-state index in [0.29, 0.717) is 0 Å². The number of benzene rings is 1. The molecule has 1 aliphatic rings. The Balaban J connectivity index is 2.47. The molecule has 0 amide bonds. The lowest BCUT2D eigenvalue weighted by atomic mass is 10.1. The van der Waals surface area contributed by atoms with Gasteiger partial charge in [0, 0.05) is 37.9 Å². The number of hydrogen-bond acceptors (Lipinski definition) is 4. The SMILES string of the molecule is CCN(CC)c1cc2c(cc1C(O)OC)OCC2. The van der Waals surface area contributed by atoms with Crippen molar-refractivity contribution >= 4 is 5.69 Å². The summed E-state index contributed by atoms with van der Waals surface area (Å²) in [6, 6.07) is 4.02. The van der Waals surface area contributed by atoms with Gasteiger partial charge in [0.15, 0.2) is 6.29 Å². The van der Waals surface area contributed by atoms with Crippen molar-refractivity contribution in [1.29, 1.82) is 0 Å². The maximum absolute atomic E-state index is 9.98. The van der Waals surface area contributed by atoms with Gasteiger partial charge in [-0.2, -0.15) is 0 Å². The second-order valence-corrected chi connectivity index (χ2v) is 4.38. The van der Waals surface area contributed by atoms with Crippen LogP contribution in [0.3, 0.4) is 0 Å². The summed E-state index contributed by atoms with van der Waals surface area (Å²) in [7, 11) is 1.50. The summed E-state index contributed by atoms with van der Waals surface area (Å²) < 4.78 is 10.6. The lowest BCUT2D eigenvalue weighted by molar-refractivity contribution is -0.0766. The predicted octanol–water partition coefficient (Wildman–Crippen LogP) is 2.10. The molecule has 0 aromatic heterocycles. The number of methoxy groups -OCH3 is 1. The van der Waals surface area contributed by atoms with Crippen LogP contribution in [0.25, 0.3) is 0 Å². The summed E-state index contributed by atoms with van der Waals surface area (Å²) in [5.41, 5.74) is 3.03. The van der Waals surface area contributed by atoms with Crippen LogP contribution in [0.4, 0.5) is 5.69 Å². The number of fused-ring (bicyclic) bond motifs is 1. The zero-order valence-electron chi connectivity index (χ0n) is 11.3. The molecule has 0 saturated heterocycles. The monoisotopic (exact) mass is 251 g/mol. The van der Waals surface area contributed by atoms with Crippen molar-refractivity contribution in [2.45, 2.75) is 26.6 Å². The smallest absolute Gasteiger partial charge is 0.182 e. The lowest BCUT2D eigenvalue weighted by Crippen LogP contribution is -2.24. The van der Waals surface area contributed by atoms with Gasteiger partial charge >= 0.3 is 0 Å². The molecule has 0 fully saturated rings. The summed E-state index contributed by atoms with van der Waals surface area (Å²) in [6.45, 7) is 6.74. The molecule has 1 aliphatic heterocycles. The van der Waals surface area contributed by atoms with E-state index in [1.807, 2.05) is 6.07 Å². The molecule has 4 heteroatoms. The van der Waals surface area contributed by atoms with E-state index in [9.17, 15) is 5.11 Å². The van der Waals surface area contributed by atoms with Gasteiger partial charge in [0.2, 0.25) is 0 Å². The average molecular weight is 251 g/mol. The van der Waals surface area contributed by atoms with E-state index in [-0.39, 0.29) is 0 Å². The highest BCUT2D eigenvalue weighted by molar-refractivity contribution is 5.60. The minimum atomic E-state index is -0.907. The second kappa shape index (κ2) is 5.59. The molecule has 1 unspecified atom stereocenters. The molecule has 1 heterocycles. The zero-order valence-corrected chi connectivity index (χ0v) is 11.3. The Morgan fingerprint density at radius 3 is 2.72 bits per heavy atom. The Morgan fingerprint density at radius 2 is 2.11 bits per heavy atom. The fourth-order valence-electron chi connectivity index (χ4n) is 2.39. The fraction of sp³-hybridized carbons (Fsp3) is 0.571. The standard InChI is InChI=1S/C14H21NO3/c1-4-15(5-2)12-8-10-6-7-18-13(10)9-11(12)14(16)17-3/h8-9,14,16H,4-7H2,1-3H3. The van der Waals surface area contributed by atoms with Crippen LogP contribution in [0.5, 0.6) is 5.75 Å².